The Labute approximate surface area is 117 Å². The predicted octanol–water partition coefficient (Wildman–Crippen LogP) is 0.530. The van der Waals surface area contributed by atoms with E-state index in [4.69, 9.17) is 5.14 Å². The fourth-order valence-electron chi connectivity index (χ4n) is 1.98. The van der Waals surface area contributed by atoms with Crippen LogP contribution in [0.3, 0.4) is 0 Å². The minimum Gasteiger partial charge on any atom is -0.390 e. The lowest BCUT2D eigenvalue weighted by atomic mass is 10.1. The van der Waals surface area contributed by atoms with Crippen molar-refractivity contribution in [3.8, 4) is 5.69 Å². The van der Waals surface area contributed by atoms with Gasteiger partial charge >= 0.3 is 0 Å². The Balaban J connectivity index is 2.50. The maximum Gasteiger partial charge on any atom is 0.238 e. The molecule has 0 amide bonds. The third-order valence-corrected chi connectivity index (χ3v) is 3.81. The van der Waals surface area contributed by atoms with Crippen molar-refractivity contribution in [2.75, 3.05) is 0 Å². The number of aliphatic hydroxyl groups excluding tert-OH is 1. The molecule has 1 aromatic carbocycles. The molecule has 8 heteroatoms. The average molecular weight is 296 g/mol. The molecule has 1 aromatic heterocycles. The van der Waals surface area contributed by atoms with Crippen molar-refractivity contribution in [1.29, 1.82) is 0 Å². The fourth-order valence-corrected chi connectivity index (χ4v) is 2.49. The number of hydrogen-bond donors (Lipinski definition) is 2. The second-order valence-electron chi connectivity index (χ2n) is 4.68. The molecule has 0 aliphatic heterocycles. The molecule has 1 heterocycles. The second kappa shape index (κ2) is 5.31. The van der Waals surface area contributed by atoms with Crippen LogP contribution in [0.15, 0.2) is 29.2 Å². The minimum absolute atomic E-state index is 0.0369. The van der Waals surface area contributed by atoms with Crippen LogP contribution in [0.5, 0.6) is 0 Å². The number of sulfonamides is 1. The van der Waals surface area contributed by atoms with Crippen molar-refractivity contribution in [3.05, 3.63) is 35.7 Å². The van der Waals surface area contributed by atoms with Gasteiger partial charge < -0.3 is 5.11 Å². The number of rotatable bonds is 4. The number of primary sulfonamides is 1. The van der Waals surface area contributed by atoms with Crippen LogP contribution < -0.4 is 5.14 Å². The van der Waals surface area contributed by atoms with Crippen molar-refractivity contribution in [2.45, 2.75) is 31.3 Å². The summed E-state index contributed by atoms with van der Waals surface area (Å²) < 4.78 is 24.0. The molecule has 0 aliphatic rings. The summed E-state index contributed by atoms with van der Waals surface area (Å²) in [5, 5.41) is 22.2. The van der Waals surface area contributed by atoms with Crippen molar-refractivity contribution in [3.63, 3.8) is 0 Å². The lowest BCUT2D eigenvalue weighted by Crippen LogP contribution is -2.12. The first-order chi connectivity index (χ1) is 9.34. The van der Waals surface area contributed by atoms with Gasteiger partial charge in [-0.15, -0.1) is 5.10 Å². The van der Waals surface area contributed by atoms with Gasteiger partial charge in [-0.1, -0.05) is 19.1 Å². The van der Waals surface area contributed by atoms with E-state index in [9.17, 15) is 13.5 Å². The first kappa shape index (κ1) is 14.6. The molecule has 0 radical (unpaired) electrons. The van der Waals surface area contributed by atoms with Crippen molar-refractivity contribution in [1.82, 2.24) is 15.0 Å². The Hall–Kier alpha value is -1.77. The van der Waals surface area contributed by atoms with E-state index in [-0.39, 0.29) is 17.4 Å². The van der Waals surface area contributed by atoms with E-state index in [1.165, 1.54) is 12.1 Å². The van der Waals surface area contributed by atoms with Crippen molar-refractivity contribution < 1.29 is 13.5 Å². The van der Waals surface area contributed by atoms with Gasteiger partial charge in [0.1, 0.15) is 5.69 Å². The summed E-state index contributed by atoms with van der Waals surface area (Å²) in [6.07, 6.45) is 0. The van der Waals surface area contributed by atoms with E-state index < -0.39 is 10.0 Å². The van der Waals surface area contributed by atoms with Gasteiger partial charge in [0.25, 0.3) is 0 Å². The fraction of sp³-hybridized carbons (Fsp3) is 0.333. The predicted molar refractivity (Wildman–Crippen MR) is 72.7 cm³/mol. The summed E-state index contributed by atoms with van der Waals surface area (Å²) in [6, 6.07) is 6.02. The molecule has 0 spiro atoms. The molecule has 0 atom stereocenters. The average Bonchev–Trinajstić information content (AvgIpc) is 2.81. The number of nitrogens with zero attached hydrogens (tertiary/aromatic N) is 3. The SMILES string of the molecule is CC(C)c1c(CO)nnn1-c1ccc(S(N)(=O)=O)cc1. The zero-order chi connectivity index (χ0) is 14.9. The Kier molecular flexibility index (Phi) is 3.89. The quantitative estimate of drug-likeness (QED) is 0.855. The molecule has 0 aliphatic carbocycles. The molecule has 7 nitrogen and oxygen atoms in total. The number of aliphatic hydroxyl groups is 1. The largest absolute Gasteiger partial charge is 0.390 e. The molecule has 2 rings (SSSR count). The summed E-state index contributed by atoms with van der Waals surface area (Å²) in [4.78, 5) is 0.0369. The third-order valence-electron chi connectivity index (χ3n) is 2.89. The summed E-state index contributed by atoms with van der Waals surface area (Å²) in [6.45, 7) is 3.74. The highest BCUT2D eigenvalue weighted by Crippen LogP contribution is 2.22. The molecule has 2 aromatic rings. The van der Waals surface area contributed by atoms with E-state index in [2.05, 4.69) is 10.3 Å². The maximum absolute atomic E-state index is 11.2. The van der Waals surface area contributed by atoms with Crippen LogP contribution in [0.1, 0.15) is 31.2 Å². The Morgan fingerprint density at radius 1 is 1.30 bits per heavy atom. The molecule has 0 saturated heterocycles. The van der Waals surface area contributed by atoms with Crippen LogP contribution in [-0.2, 0) is 16.6 Å². The van der Waals surface area contributed by atoms with Gasteiger partial charge in [-0.3, -0.25) is 0 Å². The van der Waals surface area contributed by atoms with E-state index in [1.807, 2.05) is 13.8 Å². The van der Waals surface area contributed by atoms with Gasteiger partial charge in [0.05, 0.1) is 22.9 Å². The minimum atomic E-state index is -3.71. The Morgan fingerprint density at radius 2 is 1.90 bits per heavy atom. The van der Waals surface area contributed by atoms with Gasteiger partial charge in [0, 0.05) is 0 Å². The summed E-state index contributed by atoms with van der Waals surface area (Å²) >= 11 is 0. The molecule has 20 heavy (non-hydrogen) atoms. The van der Waals surface area contributed by atoms with Gasteiger partial charge in [-0.05, 0) is 30.2 Å². The molecule has 3 N–H and O–H groups in total. The van der Waals surface area contributed by atoms with E-state index >= 15 is 0 Å². The lowest BCUT2D eigenvalue weighted by molar-refractivity contribution is 0.275. The number of benzene rings is 1. The monoisotopic (exact) mass is 296 g/mol. The highest BCUT2D eigenvalue weighted by molar-refractivity contribution is 7.89. The van der Waals surface area contributed by atoms with Crippen molar-refractivity contribution >= 4 is 10.0 Å². The Morgan fingerprint density at radius 3 is 2.35 bits per heavy atom. The topological polar surface area (TPSA) is 111 Å². The first-order valence-corrected chi connectivity index (χ1v) is 7.57. The zero-order valence-electron chi connectivity index (χ0n) is 11.2. The first-order valence-electron chi connectivity index (χ1n) is 6.03. The zero-order valence-corrected chi connectivity index (χ0v) is 12.0. The standard InChI is InChI=1S/C12H16N4O3S/c1-8(2)12-11(7-17)14-15-16(12)9-3-5-10(6-4-9)20(13,18)19/h3-6,8,17H,7H2,1-2H3,(H2,13,18,19). The smallest absolute Gasteiger partial charge is 0.238 e. The summed E-state index contributed by atoms with van der Waals surface area (Å²) in [5.74, 6) is 0.116. The molecule has 0 fully saturated rings. The number of hydrogen-bond acceptors (Lipinski definition) is 5. The highest BCUT2D eigenvalue weighted by Gasteiger charge is 2.17. The Bertz CT molecular complexity index is 705. The molecular weight excluding hydrogens is 280 g/mol. The maximum atomic E-state index is 11.2. The third kappa shape index (κ3) is 2.72. The van der Waals surface area contributed by atoms with Crippen LogP contribution in [-0.4, -0.2) is 28.5 Å². The molecule has 0 bridgehead atoms. The molecule has 0 unspecified atom stereocenters. The van der Waals surface area contributed by atoms with Gasteiger partial charge in [-0.2, -0.15) is 0 Å². The lowest BCUT2D eigenvalue weighted by Gasteiger charge is -2.10. The number of nitrogens with two attached hydrogens (primary N) is 1. The van der Waals surface area contributed by atoms with Crippen LogP contribution in [0.2, 0.25) is 0 Å². The second-order valence-corrected chi connectivity index (χ2v) is 6.25. The van der Waals surface area contributed by atoms with Gasteiger partial charge in [-0.25, -0.2) is 18.2 Å². The summed E-state index contributed by atoms with van der Waals surface area (Å²) in [5.41, 5.74) is 1.96. The summed E-state index contributed by atoms with van der Waals surface area (Å²) in [7, 11) is -3.71. The van der Waals surface area contributed by atoms with Crippen LogP contribution in [0.4, 0.5) is 0 Å². The van der Waals surface area contributed by atoms with Gasteiger partial charge in [0.2, 0.25) is 10.0 Å². The van der Waals surface area contributed by atoms with Crippen LogP contribution >= 0.6 is 0 Å². The van der Waals surface area contributed by atoms with Crippen LogP contribution in [0.25, 0.3) is 5.69 Å². The normalized spacial score (nSPS) is 12.1. The van der Waals surface area contributed by atoms with Gasteiger partial charge in [0.15, 0.2) is 0 Å². The van der Waals surface area contributed by atoms with Crippen molar-refractivity contribution in [2.24, 2.45) is 5.14 Å². The number of aromatic nitrogens is 3. The molecule has 108 valence electrons. The molecule has 0 saturated carbocycles. The molecular formula is C12H16N4O3S. The van der Waals surface area contributed by atoms with Crippen LogP contribution in [0, 0.1) is 0 Å². The van der Waals surface area contributed by atoms with E-state index in [0.29, 0.717) is 11.4 Å². The van der Waals surface area contributed by atoms with E-state index in [0.717, 1.165) is 5.69 Å². The highest BCUT2D eigenvalue weighted by atomic mass is 32.2. The van der Waals surface area contributed by atoms with E-state index in [1.54, 1.807) is 16.8 Å².